The molecule has 0 aromatic carbocycles. The van der Waals surface area contributed by atoms with Gasteiger partial charge in [-0.05, 0) is 39.5 Å². The molecule has 0 heterocycles. The van der Waals surface area contributed by atoms with E-state index in [4.69, 9.17) is 5.11 Å². The quantitative estimate of drug-likeness (QED) is 0.455. The van der Waals surface area contributed by atoms with Gasteiger partial charge >= 0.3 is 5.97 Å². The van der Waals surface area contributed by atoms with E-state index in [1.54, 1.807) is 0 Å². The molecule has 0 amide bonds. The van der Waals surface area contributed by atoms with E-state index in [2.05, 4.69) is 10.6 Å². The lowest BCUT2D eigenvalue weighted by molar-refractivity contribution is -0.137. The zero-order chi connectivity index (χ0) is 9.23. The number of carboxylic acid groups (broad SMARTS) is 1. The molecular formula is C8H18N2O2. The van der Waals surface area contributed by atoms with Gasteiger partial charge in [-0.2, -0.15) is 0 Å². The summed E-state index contributed by atoms with van der Waals surface area (Å²) in [5.74, 6) is -0.716. The summed E-state index contributed by atoms with van der Waals surface area (Å²) < 4.78 is 0. The van der Waals surface area contributed by atoms with Gasteiger partial charge in [0.1, 0.15) is 0 Å². The highest BCUT2D eigenvalue weighted by atomic mass is 16.4. The fourth-order valence-electron chi connectivity index (χ4n) is 0.880. The topological polar surface area (TPSA) is 61.4 Å². The number of carboxylic acids is 1. The summed E-state index contributed by atoms with van der Waals surface area (Å²) in [5, 5.41) is 14.5. The van der Waals surface area contributed by atoms with Crippen molar-refractivity contribution in [1.29, 1.82) is 0 Å². The summed E-state index contributed by atoms with van der Waals surface area (Å²) in [4.78, 5) is 10.1. The predicted octanol–water partition coefficient (Wildman–Crippen LogP) is 0.0503. The molecule has 72 valence electrons. The maximum atomic E-state index is 10.1. The van der Waals surface area contributed by atoms with E-state index in [-0.39, 0.29) is 6.42 Å². The maximum absolute atomic E-state index is 10.1. The van der Waals surface area contributed by atoms with Crippen molar-refractivity contribution in [1.82, 2.24) is 10.6 Å². The number of hydrogen-bond donors (Lipinski definition) is 3. The summed E-state index contributed by atoms with van der Waals surface area (Å²) in [5.41, 5.74) is 0. The van der Waals surface area contributed by atoms with Crippen molar-refractivity contribution in [3.8, 4) is 0 Å². The normalized spacial score (nSPS) is 10.1. The van der Waals surface area contributed by atoms with Crippen LogP contribution in [0.5, 0.6) is 0 Å². The molecule has 0 fully saturated rings. The van der Waals surface area contributed by atoms with Crippen molar-refractivity contribution in [2.24, 2.45) is 0 Å². The van der Waals surface area contributed by atoms with Crippen LogP contribution in [0.2, 0.25) is 0 Å². The molecule has 4 heteroatoms. The fourth-order valence-corrected chi connectivity index (χ4v) is 0.880. The zero-order valence-electron chi connectivity index (χ0n) is 7.60. The van der Waals surface area contributed by atoms with E-state index in [1.807, 2.05) is 7.05 Å². The molecule has 0 aliphatic carbocycles. The molecule has 0 unspecified atom stereocenters. The third-order valence-electron chi connectivity index (χ3n) is 1.52. The molecule has 0 aromatic rings. The molecule has 4 nitrogen and oxygen atoms in total. The molecule has 0 bridgehead atoms. The van der Waals surface area contributed by atoms with Gasteiger partial charge in [0.25, 0.3) is 0 Å². The number of nitrogens with one attached hydrogen (secondary N) is 2. The number of hydrogen-bond acceptors (Lipinski definition) is 3. The van der Waals surface area contributed by atoms with Crippen LogP contribution < -0.4 is 10.6 Å². The smallest absolute Gasteiger partial charge is 0.303 e. The Morgan fingerprint density at radius 1 is 1.25 bits per heavy atom. The molecule has 0 saturated carbocycles. The van der Waals surface area contributed by atoms with E-state index in [9.17, 15) is 4.79 Å². The second-order valence-corrected chi connectivity index (χ2v) is 2.70. The Bertz CT molecular complexity index is 118. The fraction of sp³-hybridized carbons (Fsp3) is 0.875. The average molecular weight is 174 g/mol. The minimum absolute atomic E-state index is 0.263. The lowest BCUT2D eigenvalue weighted by Gasteiger charge is -2.02. The Balaban J connectivity index is 2.86. The number of rotatable bonds is 8. The summed E-state index contributed by atoms with van der Waals surface area (Å²) >= 11 is 0. The van der Waals surface area contributed by atoms with Crippen LogP contribution in [0.1, 0.15) is 19.3 Å². The van der Waals surface area contributed by atoms with Crippen LogP contribution in [0.4, 0.5) is 0 Å². The van der Waals surface area contributed by atoms with Crippen molar-refractivity contribution < 1.29 is 9.90 Å². The molecule has 0 spiro atoms. The monoisotopic (exact) mass is 174 g/mol. The van der Waals surface area contributed by atoms with Crippen LogP contribution >= 0.6 is 0 Å². The van der Waals surface area contributed by atoms with Gasteiger partial charge < -0.3 is 15.7 Å². The van der Waals surface area contributed by atoms with Gasteiger partial charge in [-0.1, -0.05) is 0 Å². The van der Waals surface area contributed by atoms with Crippen molar-refractivity contribution >= 4 is 5.97 Å². The third-order valence-corrected chi connectivity index (χ3v) is 1.52. The summed E-state index contributed by atoms with van der Waals surface area (Å²) in [6.45, 7) is 2.77. The highest BCUT2D eigenvalue weighted by Gasteiger charge is 1.94. The summed E-state index contributed by atoms with van der Waals surface area (Å²) in [7, 11) is 1.92. The van der Waals surface area contributed by atoms with Crippen LogP contribution in [0.15, 0.2) is 0 Å². The van der Waals surface area contributed by atoms with Gasteiger partial charge in [0.05, 0.1) is 0 Å². The van der Waals surface area contributed by atoms with Gasteiger partial charge in [0, 0.05) is 6.42 Å². The highest BCUT2D eigenvalue weighted by molar-refractivity contribution is 5.66. The predicted molar refractivity (Wildman–Crippen MR) is 48.3 cm³/mol. The standard InChI is InChI=1S/C8H18N2O2/c1-9-5-3-7-10-6-2-4-8(11)12/h9-10H,2-7H2,1H3,(H,11,12). The van der Waals surface area contributed by atoms with Crippen molar-refractivity contribution in [3.05, 3.63) is 0 Å². The minimum atomic E-state index is -0.716. The first-order chi connectivity index (χ1) is 5.77. The third kappa shape index (κ3) is 9.39. The molecule has 0 atom stereocenters. The van der Waals surface area contributed by atoms with Crippen LogP contribution in [-0.2, 0) is 4.79 Å². The summed E-state index contributed by atoms with van der Waals surface area (Å²) in [6, 6.07) is 0. The van der Waals surface area contributed by atoms with E-state index >= 15 is 0 Å². The van der Waals surface area contributed by atoms with Gasteiger partial charge in [0.15, 0.2) is 0 Å². The van der Waals surface area contributed by atoms with Crippen LogP contribution in [-0.4, -0.2) is 37.8 Å². The molecule has 0 aromatic heterocycles. The molecule has 3 N–H and O–H groups in total. The Labute approximate surface area is 73.3 Å². The van der Waals surface area contributed by atoms with E-state index in [1.165, 1.54) is 0 Å². The van der Waals surface area contributed by atoms with Crippen molar-refractivity contribution in [2.45, 2.75) is 19.3 Å². The Morgan fingerprint density at radius 2 is 1.92 bits per heavy atom. The molecule has 0 saturated heterocycles. The van der Waals surface area contributed by atoms with Crippen LogP contribution in [0.25, 0.3) is 0 Å². The van der Waals surface area contributed by atoms with Gasteiger partial charge in [-0.25, -0.2) is 0 Å². The second kappa shape index (κ2) is 8.49. The summed E-state index contributed by atoms with van der Waals surface area (Å²) in [6.07, 6.45) is 2.07. The first-order valence-corrected chi connectivity index (χ1v) is 4.34. The lowest BCUT2D eigenvalue weighted by Crippen LogP contribution is -2.21. The van der Waals surface area contributed by atoms with Gasteiger partial charge in [0.2, 0.25) is 0 Å². The molecule has 0 aliphatic heterocycles. The Morgan fingerprint density at radius 3 is 2.50 bits per heavy atom. The average Bonchev–Trinajstić information content (AvgIpc) is 2.02. The molecule has 0 rings (SSSR count). The molecule has 0 radical (unpaired) electrons. The lowest BCUT2D eigenvalue weighted by atomic mass is 10.3. The zero-order valence-corrected chi connectivity index (χ0v) is 7.60. The van der Waals surface area contributed by atoms with Crippen LogP contribution in [0.3, 0.4) is 0 Å². The van der Waals surface area contributed by atoms with Gasteiger partial charge in [-0.15, -0.1) is 0 Å². The Kier molecular flexibility index (Phi) is 8.05. The van der Waals surface area contributed by atoms with E-state index in [0.717, 1.165) is 32.5 Å². The SMILES string of the molecule is CNCCCNCCCC(=O)O. The Hall–Kier alpha value is -0.610. The second-order valence-electron chi connectivity index (χ2n) is 2.70. The highest BCUT2D eigenvalue weighted by Crippen LogP contribution is 1.85. The maximum Gasteiger partial charge on any atom is 0.303 e. The van der Waals surface area contributed by atoms with Crippen LogP contribution in [0, 0.1) is 0 Å². The largest absolute Gasteiger partial charge is 0.481 e. The number of carbonyl (C=O) groups is 1. The molecule has 12 heavy (non-hydrogen) atoms. The van der Waals surface area contributed by atoms with Crippen molar-refractivity contribution in [3.63, 3.8) is 0 Å². The van der Waals surface area contributed by atoms with E-state index in [0.29, 0.717) is 0 Å². The minimum Gasteiger partial charge on any atom is -0.481 e. The molecular weight excluding hydrogens is 156 g/mol. The number of aliphatic carboxylic acids is 1. The van der Waals surface area contributed by atoms with E-state index < -0.39 is 5.97 Å². The first kappa shape index (κ1) is 11.4. The van der Waals surface area contributed by atoms with Gasteiger partial charge in [-0.3, -0.25) is 4.79 Å². The first-order valence-electron chi connectivity index (χ1n) is 4.34. The van der Waals surface area contributed by atoms with Crippen molar-refractivity contribution in [2.75, 3.05) is 26.7 Å². The molecule has 0 aliphatic rings.